The summed E-state index contributed by atoms with van der Waals surface area (Å²) in [7, 11) is 0. The average molecular weight is 249 g/mol. The number of hydrogen-bond acceptors (Lipinski definition) is 2. The first-order chi connectivity index (χ1) is 8.38. The lowest BCUT2D eigenvalue weighted by molar-refractivity contribution is 0.347. The highest BCUT2D eigenvalue weighted by atomic mass is 32.2. The predicted octanol–water partition coefficient (Wildman–Crippen LogP) is 3.73. The van der Waals surface area contributed by atoms with Crippen LogP contribution in [-0.4, -0.2) is 19.3 Å². The Morgan fingerprint density at radius 2 is 2.12 bits per heavy atom. The fraction of sp³-hybridized carbons (Fsp3) is 0.600. The molecule has 0 saturated carbocycles. The molecule has 0 amide bonds. The van der Waals surface area contributed by atoms with E-state index in [2.05, 4.69) is 35.8 Å². The Morgan fingerprint density at radius 3 is 2.88 bits per heavy atom. The van der Waals surface area contributed by atoms with Crippen molar-refractivity contribution in [2.45, 2.75) is 37.0 Å². The Bertz CT molecular complexity index is 331. The number of nitrogens with one attached hydrogen (secondary N) is 1. The van der Waals surface area contributed by atoms with Crippen LogP contribution in [0.5, 0.6) is 0 Å². The van der Waals surface area contributed by atoms with Crippen LogP contribution >= 0.6 is 11.8 Å². The van der Waals surface area contributed by atoms with E-state index in [1.54, 1.807) is 0 Å². The summed E-state index contributed by atoms with van der Waals surface area (Å²) < 4.78 is 0. The maximum Gasteiger partial charge on any atom is 0.00718 e. The molecule has 0 unspecified atom stereocenters. The van der Waals surface area contributed by atoms with E-state index in [9.17, 15) is 0 Å². The van der Waals surface area contributed by atoms with Crippen molar-refractivity contribution in [1.29, 1.82) is 0 Å². The third-order valence-corrected chi connectivity index (χ3v) is 4.40. The van der Waals surface area contributed by atoms with Crippen molar-refractivity contribution >= 4 is 11.8 Å². The molecule has 0 aliphatic carbocycles. The molecular weight excluding hydrogens is 226 g/mol. The fourth-order valence-corrected chi connectivity index (χ4v) is 3.08. The van der Waals surface area contributed by atoms with Crippen LogP contribution < -0.4 is 5.32 Å². The van der Waals surface area contributed by atoms with Gasteiger partial charge in [-0.15, -0.1) is 11.8 Å². The average Bonchev–Trinajstić information content (AvgIpc) is 2.40. The van der Waals surface area contributed by atoms with E-state index in [1.165, 1.54) is 55.7 Å². The second-order valence-electron chi connectivity index (χ2n) is 4.94. The van der Waals surface area contributed by atoms with Gasteiger partial charge in [-0.2, -0.15) is 0 Å². The molecule has 1 nitrogen and oxygen atoms in total. The van der Waals surface area contributed by atoms with E-state index in [0.29, 0.717) is 0 Å². The zero-order valence-corrected chi connectivity index (χ0v) is 11.6. The van der Waals surface area contributed by atoms with Crippen LogP contribution in [0.4, 0.5) is 0 Å². The highest BCUT2D eigenvalue weighted by Crippen LogP contribution is 2.21. The van der Waals surface area contributed by atoms with Crippen LogP contribution in [0, 0.1) is 5.92 Å². The van der Waals surface area contributed by atoms with Gasteiger partial charge in [0.2, 0.25) is 0 Å². The Kier molecular flexibility index (Phi) is 5.40. The number of benzene rings is 1. The van der Waals surface area contributed by atoms with Crippen LogP contribution in [0.3, 0.4) is 0 Å². The van der Waals surface area contributed by atoms with E-state index in [1.807, 2.05) is 11.8 Å². The molecule has 0 aromatic heterocycles. The first kappa shape index (κ1) is 13.0. The standard InChI is InChI=1S/C15H23NS/c1-17-15-7-3-6-14(12-15)5-2-4-13-8-10-16-11-9-13/h3,6-7,12-13,16H,2,4-5,8-11H2,1H3. The van der Waals surface area contributed by atoms with Crippen molar-refractivity contribution < 1.29 is 0 Å². The summed E-state index contributed by atoms with van der Waals surface area (Å²) in [6.45, 7) is 2.46. The van der Waals surface area contributed by atoms with Crippen molar-refractivity contribution in [2.24, 2.45) is 5.92 Å². The molecule has 1 N–H and O–H groups in total. The van der Waals surface area contributed by atoms with E-state index in [4.69, 9.17) is 0 Å². The fourth-order valence-electron chi connectivity index (χ4n) is 2.59. The monoisotopic (exact) mass is 249 g/mol. The lowest BCUT2D eigenvalue weighted by Crippen LogP contribution is -2.27. The summed E-state index contributed by atoms with van der Waals surface area (Å²) in [6.07, 6.45) is 8.91. The van der Waals surface area contributed by atoms with Gasteiger partial charge in [0, 0.05) is 4.90 Å². The first-order valence-corrected chi connectivity index (χ1v) is 7.94. The zero-order valence-electron chi connectivity index (χ0n) is 10.7. The number of piperidine rings is 1. The predicted molar refractivity (Wildman–Crippen MR) is 76.8 cm³/mol. The number of hydrogen-bond donors (Lipinski definition) is 1. The summed E-state index contributed by atoms with van der Waals surface area (Å²) in [4.78, 5) is 1.39. The van der Waals surface area contributed by atoms with Gasteiger partial charge in [0.15, 0.2) is 0 Å². The van der Waals surface area contributed by atoms with Gasteiger partial charge in [0.25, 0.3) is 0 Å². The van der Waals surface area contributed by atoms with Gasteiger partial charge >= 0.3 is 0 Å². The highest BCUT2D eigenvalue weighted by Gasteiger charge is 2.12. The van der Waals surface area contributed by atoms with Crippen LogP contribution in [-0.2, 0) is 6.42 Å². The Labute approximate surface area is 109 Å². The molecule has 17 heavy (non-hydrogen) atoms. The Morgan fingerprint density at radius 1 is 1.29 bits per heavy atom. The van der Waals surface area contributed by atoms with Gasteiger partial charge in [-0.1, -0.05) is 18.6 Å². The minimum absolute atomic E-state index is 0.972. The molecule has 1 aromatic rings. The summed E-state index contributed by atoms with van der Waals surface area (Å²) in [5, 5.41) is 3.44. The highest BCUT2D eigenvalue weighted by molar-refractivity contribution is 7.98. The molecule has 2 rings (SSSR count). The summed E-state index contributed by atoms with van der Waals surface area (Å²) in [5.41, 5.74) is 1.51. The topological polar surface area (TPSA) is 12.0 Å². The van der Waals surface area contributed by atoms with Gasteiger partial charge in [0.1, 0.15) is 0 Å². The third-order valence-electron chi connectivity index (χ3n) is 3.67. The normalized spacial score (nSPS) is 17.2. The van der Waals surface area contributed by atoms with Gasteiger partial charge in [-0.3, -0.25) is 0 Å². The molecule has 1 saturated heterocycles. The smallest absolute Gasteiger partial charge is 0.00718 e. The molecular formula is C15H23NS. The quantitative estimate of drug-likeness (QED) is 0.798. The maximum atomic E-state index is 3.44. The summed E-state index contributed by atoms with van der Waals surface area (Å²) in [6, 6.07) is 8.99. The number of aryl methyl sites for hydroxylation is 1. The van der Waals surface area contributed by atoms with Crippen molar-refractivity contribution in [3.63, 3.8) is 0 Å². The van der Waals surface area contributed by atoms with E-state index in [0.717, 1.165) is 5.92 Å². The first-order valence-electron chi connectivity index (χ1n) is 6.72. The lowest BCUT2D eigenvalue weighted by Gasteiger charge is -2.22. The Hall–Kier alpha value is -0.470. The van der Waals surface area contributed by atoms with Crippen LogP contribution in [0.15, 0.2) is 29.2 Å². The van der Waals surface area contributed by atoms with E-state index >= 15 is 0 Å². The molecule has 0 radical (unpaired) electrons. The van der Waals surface area contributed by atoms with Crippen LogP contribution in [0.2, 0.25) is 0 Å². The molecule has 94 valence electrons. The van der Waals surface area contributed by atoms with Crippen molar-refractivity contribution in [2.75, 3.05) is 19.3 Å². The molecule has 1 aliphatic rings. The minimum atomic E-state index is 0.972. The second kappa shape index (κ2) is 7.07. The molecule has 0 spiro atoms. The van der Waals surface area contributed by atoms with Gasteiger partial charge in [-0.25, -0.2) is 0 Å². The number of rotatable bonds is 5. The SMILES string of the molecule is CSc1cccc(CCCC2CCNCC2)c1. The zero-order chi connectivity index (χ0) is 11.9. The van der Waals surface area contributed by atoms with Gasteiger partial charge in [-0.05, 0) is 68.6 Å². The Balaban J connectivity index is 1.73. The van der Waals surface area contributed by atoms with Gasteiger partial charge in [0.05, 0.1) is 0 Å². The lowest BCUT2D eigenvalue weighted by atomic mass is 9.92. The van der Waals surface area contributed by atoms with Gasteiger partial charge < -0.3 is 5.32 Å². The molecule has 1 fully saturated rings. The largest absolute Gasteiger partial charge is 0.317 e. The molecule has 0 bridgehead atoms. The third kappa shape index (κ3) is 4.36. The van der Waals surface area contributed by atoms with E-state index in [-0.39, 0.29) is 0 Å². The summed E-state index contributed by atoms with van der Waals surface area (Å²) >= 11 is 1.84. The second-order valence-corrected chi connectivity index (χ2v) is 5.82. The van der Waals surface area contributed by atoms with Crippen LogP contribution in [0.25, 0.3) is 0 Å². The van der Waals surface area contributed by atoms with Crippen molar-refractivity contribution in [3.8, 4) is 0 Å². The minimum Gasteiger partial charge on any atom is -0.317 e. The maximum absolute atomic E-state index is 3.44. The number of thioether (sulfide) groups is 1. The molecule has 0 atom stereocenters. The summed E-state index contributed by atoms with van der Waals surface area (Å²) in [5.74, 6) is 0.972. The van der Waals surface area contributed by atoms with E-state index < -0.39 is 0 Å². The van der Waals surface area contributed by atoms with Crippen LogP contribution in [0.1, 0.15) is 31.2 Å². The molecule has 1 aromatic carbocycles. The van der Waals surface area contributed by atoms with Crippen molar-refractivity contribution in [1.82, 2.24) is 5.32 Å². The van der Waals surface area contributed by atoms with Crippen molar-refractivity contribution in [3.05, 3.63) is 29.8 Å². The molecule has 1 aliphatic heterocycles. The molecule has 2 heteroatoms. The molecule has 1 heterocycles.